The Morgan fingerprint density at radius 1 is 1.06 bits per heavy atom. The second-order valence-corrected chi connectivity index (χ2v) is 9.27. The highest BCUT2D eigenvalue weighted by molar-refractivity contribution is 5.61. The summed E-state index contributed by atoms with van der Waals surface area (Å²) >= 11 is 0. The van der Waals surface area contributed by atoms with Crippen LogP contribution in [0.1, 0.15) is 32.1 Å². The smallest absolute Gasteiger partial charge is 0.248 e. The number of hydrogen-bond acceptors (Lipinski definition) is 4. The molecule has 9 heteroatoms. The summed E-state index contributed by atoms with van der Waals surface area (Å²) in [4.78, 5) is 2.09. The normalized spacial score (nSPS) is 29.8. The molecule has 0 amide bonds. The SMILES string of the molecule is N[C@H]1C[C@@H]2CN(c3ccc(-c4cc(F)cc(F)c4F)nn3)[C@@H](CC3CC(F)(F)C3)[C@H]2C1. The van der Waals surface area contributed by atoms with Crippen LogP contribution in [0, 0.1) is 35.2 Å². The minimum atomic E-state index is -2.56. The summed E-state index contributed by atoms with van der Waals surface area (Å²) in [6.45, 7) is 0.711. The molecule has 1 aromatic heterocycles. The lowest BCUT2D eigenvalue weighted by Gasteiger charge is -2.39. The fraction of sp³-hybridized carbons (Fsp3) is 0.545. The zero-order chi connectivity index (χ0) is 21.9. The Balaban J connectivity index is 1.39. The number of hydrogen-bond donors (Lipinski definition) is 1. The molecule has 0 radical (unpaired) electrons. The zero-order valence-corrected chi connectivity index (χ0v) is 16.7. The Labute approximate surface area is 176 Å². The first kappa shape index (κ1) is 20.6. The molecular formula is C22H23F5N4. The molecule has 0 bridgehead atoms. The fourth-order valence-corrected chi connectivity index (χ4v) is 5.73. The van der Waals surface area contributed by atoms with Crippen LogP contribution >= 0.6 is 0 Å². The summed E-state index contributed by atoms with van der Waals surface area (Å²) < 4.78 is 67.9. The van der Waals surface area contributed by atoms with Crippen molar-refractivity contribution in [1.29, 1.82) is 0 Å². The largest absolute Gasteiger partial charge is 0.352 e. The predicted octanol–water partition coefficient (Wildman–Crippen LogP) is 4.54. The molecule has 3 aliphatic rings. The maximum atomic E-state index is 14.1. The molecule has 31 heavy (non-hydrogen) atoms. The van der Waals surface area contributed by atoms with Crippen molar-refractivity contribution in [2.24, 2.45) is 23.5 Å². The number of fused-ring (bicyclic) bond motifs is 1. The van der Waals surface area contributed by atoms with Crippen LogP contribution < -0.4 is 10.6 Å². The molecule has 4 atom stereocenters. The quantitative estimate of drug-likeness (QED) is 0.563. The molecule has 1 aromatic carbocycles. The first-order valence-corrected chi connectivity index (χ1v) is 10.6. The summed E-state index contributed by atoms with van der Waals surface area (Å²) in [6.07, 6.45) is 2.22. The molecule has 3 fully saturated rings. The molecule has 4 nitrogen and oxygen atoms in total. The predicted molar refractivity (Wildman–Crippen MR) is 105 cm³/mol. The molecular weight excluding hydrogens is 415 g/mol. The van der Waals surface area contributed by atoms with Gasteiger partial charge in [-0.25, -0.2) is 22.0 Å². The molecule has 2 saturated carbocycles. The Morgan fingerprint density at radius 2 is 1.84 bits per heavy atom. The van der Waals surface area contributed by atoms with Crippen molar-refractivity contribution in [2.45, 2.75) is 50.1 Å². The van der Waals surface area contributed by atoms with Gasteiger partial charge in [0.1, 0.15) is 5.82 Å². The lowest BCUT2D eigenvalue weighted by Crippen LogP contribution is -2.42. The van der Waals surface area contributed by atoms with Gasteiger partial charge in [-0.05, 0) is 55.2 Å². The van der Waals surface area contributed by atoms with Gasteiger partial charge in [0, 0.05) is 43.1 Å². The van der Waals surface area contributed by atoms with E-state index in [0.29, 0.717) is 36.7 Å². The van der Waals surface area contributed by atoms with Crippen molar-refractivity contribution in [3.05, 3.63) is 41.7 Å². The van der Waals surface area contributed by atoms with Crippen LogP contribution in [0.3, 0.4) is 0 Å². The maximum Gasteiger partial charge on any atom is 0.248 e. The summed E-state index contributed by atoms with van der Waals surface area (Å²) in [5.41, 5.74) is 5.88. The molecule has 1 saturated heterocycles. The van der Waals surface area contributed by atoms with E-state index in [9.17, 15) is 22.0 Å². The average molecular weight is 438 g/mol. The van der Waals surface area contributed by atoms with Gasteiger partial charge in [-0.2, -0.15) is 0 Å². The van der Waals surface area contributed by atoms with Crippen LogP contribution in [0.5, 0.6) is 0 Å². The van der Waals surface area contributed by atoms with Crippen molar-refractivity contribution in [3.63, 3.8) is 0 Å². The second-order valence-electron chi connectivity index (χ2n) is 9.27. The summed E-state index contributed by atoms with van der Waals surface area (Å²) in [6, 6.07) is 4.65. The monoisotopic (exact) mass is 438 g/mol. The third-order valence-electron chi connectivity index (χ3n) is 7.07. The lowest BCUT2D eigenvalue weighted by atomic mass is 9.75. The first-order chi connectivity index (χ1) is 14.7. The van der Waals surface area contributed by atoms with Gasteiger partial charge in [0.05, 0.1) is 5.69 Å². The Morgan fingerprint density at radius 3 is 2.52 bits per heavy atom. The van der Waals surface area contributed by atoms with Crippen LogP contribution in [-0.4, -0.2) is 34.7 Å². The fourth-order valence-electron chi connectivity index (χ4n) is 5.73. The van der Waals surface area contributed by atoms with Crippen molar-refractivity contribution >= 4 is 5.82 Å². The van der Waals surface area contributed by atoms with Crippen LogP contribution in [-0.2, 0) is 0 Å². The van der Waals surface area contributed by atoms with Crippen molar-refractivity contribution in [2.75, 3.05) is 11.4 Å². The van der Waals surface area contributed by atoms with E-state index in [1.165, 1.54) is 6.07 Å². The van der Waals surface area contributed by atoms with Crippen molar-refractivity contribution in [3.8, 4) is 11.3 Å². The number of aromatic nitrogens is 2. The van der Waals surface area contributed by atoms with Gasteiger partial charge < -0.3 is 10.6 Å². The highest BCUT2D eigenvalue weighted by Gasteiger charge is 2.51. The number of alkyl halides is 2. The highest BCUT2D eigenvalue weighted by Crippen LogP contribution is 2.50. The van der Waals surface area contributed by atoms with Gasteiger partial charge >= 0.3 is 0 Å². The minimum absolute atomic E-state index is 0.0243. The van der Waals surface area contributed by atoms with Crippen LogP contribution in [0.25, 0.3) is 11.3 Å². The molecule has 1 aliphatic heterocycles. The molecule has 0 unspecified atom stereocenters. The highest BCUT2D eigenvalue weighted by atomic mass is 19.3. The lowest BCUT2D eigenvalue weighted by molar-refractivity contribution is -0.113. The van der Waals surface area contributed by atoms with Gasteiger partial charge in [-0.3, -0.25) is 0 Å². The minimum Gasteiger partial charge on any atom is -0.352 e. The number of nitrogens with zero attached hydrogens (tertiary/aromatic N) is 3. The Hall–Kier alpha value is -2.29. The van der Waals surface area contributed by atoms with E-state index in [-0.39, 0.29) is 42.1 Å². The van der Waals surface area contributed by atoms with Crippen molar-refractivity contribution in [1.82, 2.24) is 10.2 Å². The zero-order valence-electron chi connectivity index (χ0n) is 16.7. The van der Waals surface area contributed by atoms with Crippen LogP contribution in [0.2, 0.25) is 0 Å². The Kier molecular flexibility index (Phi) is 4.91. The molecule has 2 N–H and O–H groups in total. The van der Waals surface area contributed by atoms with Gasteiger partial charge in [-0.1, -0.05) is 0 Å². The Bertz CT molecular complexity index is 975. The second kappa shape index (κ2) is 7.39. The van der Waals surface area contributed by atoms with E-state index in [1.807, 2.05) is 0 Å². The van der Waals surface area contributed by atoms with Gasteiger partial charge in [0.2, 0.25) is 5.92 Å². The first-order valence-electron chi connectivity index (χ1n) is 10.6. The third-order valence-corrected chi connectivity index (χ3v) is 7.07. The summed E-state index contributed by atoms with van der Waals surface area (Å²) in [5.74, 6) is -4.72. The van der Waals surface area contributed by atoms with E-state index < -0.39 is 23.4 Å². The number of anilines is 1. The van der Waals surface area contributed by atoms with E-state index >= 15 is 0 Å². The van der Waals surface area contributed by atoms with E-state index in [4.69, 9.17) is 5.73 Å². The standard InChI is InChI=1S/C22H23F5N4/c23-13-5-16(21(25)17(24)6-13)18-1-2-20(30-29-18)31-10-12-4-14(28)7-15(12)19(31)3-11-8-22(26,27)9-11/h1-2,5-6,11-12,14-15,19H,3-4,7-10,28H2/t12-,14+,15+,19+/m1/s1. The molecule has 5 rings (SSSR count). The molecule has 2 aliphatic carbocycles. The van der Waals surface area contributed by atoms with E-state index in [0.717, 1.165) is 18.9 Å². The van der Waals surface area contributed by atoms with Gasteiger partial charge in [0.25, 0.3) is 0 Å². The number of benzene rings is 1. The maximum absolute atomic E-state index is 14.1. The van der Waals surface area contributed by atoms with Gasteiger partial charge in [0.15, 0.2) is 17.5 Å². The van der Waals surface area contributed by atoms with Gasteiger partial charge in [-0.15, -0.1) is 10.2 Å². The molecule has 166 valence electrons. The third kappa shape index (κ3) is 3.77. The summed E-state index contributed by atoms with van der Waals surface area (Å²) in [7, 11) is 0. The van der Waals surface area contributed by atoms with E-state index in [2.05, 4.69) is 15.1 Å². The molecule has 2 heterocycles. The average Bonchev–Trinajstić information content (AvgIpc) is 3.20. The topological polar surface area (TPSA) is 55.0 Å². The van der Waals surface area contributed by atoms with Crippen LogP contribution in [0.15, 0.2) is 24.3 Å². The van der Waals surface area contributed by atoms with E-state index in [1.54, 1.807) is 6.07 Å². The number of nitrogens with two attached hydrogens (primary N) is 1. The molecule has 0 spiro atoms. The van der Waals surface area contributed by atoms with Crippen molar-refractivity contribution < 1.29 is 22.0 Å². The van der Waals surface area contributed by atoms with Crippen LogP contribution in [0.4, 0.5) is 27.8 Å². The number of rotatable bonds is 4. The number of halogens is 5. The molecule has 2 aromatic rings. The summed E-state index contributed by atoms with van der Waals surface area (Å²) in [5, 5.41) is 8.21.